The molecule has 2 saturated carbocycles. The molecule has 3 nitrogen and oxygen atoms in total. The van der Waals surface area contributed by atoms with Crippen LogP contribution in [0.3, 0.4) is 0 Å². The van der Waals surface area contributed by atoms with Gasteiger partial charge in [-0.1, -0.05) is 44.9 Å². The summed E-state index contributed by atoms with van der Waals surface area (Å²) in [6.07, 6.45) is 14.4. The molecule has 1 amide bonds. The fourth-order valence-corrected chi connectivity index (χ4v) is 4.16. The van der Waals surface area contributed by atoms with Gasteiger partial charge in [-0.3, -0.25) is 9.69 Å². The van der Waals surface area contributed by atoms with Gasteiger partial charge in [-0.05, 0) is 39.7 Å². The molecule has 0 aromatic heterocycles. The van der Waals surface area contributed by atoms with Crippen LogP contribution < -0.4 is 0 Å². The van der Waals surface area contributed by atoms with Crippen LogP contribution in [-0.2, 0) is 4.79 Å². The first-order chi connectivity index (χ1) is 10.2. The van der Waals surface area contributed by atoms with Gasteiger partial charge in [0, 0.05) is 18.6 Å². The molecule has 21 heavy (non-hydrogen) atoms. The Kier molecular flexibility index (Phi) is 7.01. The lowest BCUT2D eigenvalue weighted by atomic mass is 9.94. The molecule has 0 N–H and O–H groups in total. The van der Waals surface area contributed by atoms with Crippen molar-refractivity contribution in [3.05, 3.63) is 0 Å². The second-order valence-electron chi connectivity index (χ2n) is 7.03. The summed E-state index contributed by atoms with van der Waals surface area (Å²) in [5.74, 6) is 0.358. The molecule has 2 rings (SSSR count). The number of likely N-dealkylation sites (N-methyl/N-ethyl adjacent to an activating group) is 2. The molecule has 2 aliphatic rings. The highest BCUT2D eigenvalue weighted by Gasteiger charge is 2.26. The minimum atomic E-state index is 0.358. The first-order valence-electron chi connectivity index (χ1n) is 9.22. The van der Waals surface area contributed by atoms with Crippen molar-refractivity contribution in [3.63, 3.8) is 0 Å². The van der Waals surface area contributed by atoms with E-state index in [1.54, 1.807) is 0 Å². The number of amides is 1. The molecule has 3 heteroatoms. The molecule has 2 aliphatic carbocycles. The maximum Gasteiger partial charge on any atom is 0.236 e. The second kappa shape index (κ2) is 8.77. The predicted octanol–water partition coefficient (Wildman–Crippen LogP) is 3.82. The molecule has 0 spiro atoms. The van der Waals surface area contributed by atoms with Crippen LogP contribution in [-0.4, -0.2) is 47.9 Å². The van der Waals surface area contributed by atoms with E-state index in [9.17, 15) is 4.79 Å². The quantitative estimate of drug-likeness (QED) is 0.720. The third kappa shape index (κ3) is 4.98. The molecule has 0 radical (unpaired) electrons. The average Bonchev–Trinajstić information content (AvgIpc) is 2.78. The van der Waals surface area contributed by atoms with Crippen LogP contribution in [0.15, 0.2) is 0 Å². The Morgan fingerprint density at radius 2 is 1.33 bits per heavy atom. The molecule has 0 heterocycles. The second-order valence-corrected chi connectivity index (χ2v) is 7.03. The average molecular weight is 294 g/mol. The monoisotopic (exact) mass is 294 g/mol. The van der Waals surface area contributed by atoms with Crippen LogP contribution in [0.4, 0.5) is 0 Å². The summed E-state index contributed by atoms with van der Waals surface area (Å²) in [6.45, 7) is 3.63. The van der Waals surface area contributed by atoms with Crippen LogP contribution in [0.5, 0.6) is 0 Å². The number of carbonyl (C=O) groups is 1. The van der Waals surface area contributed by atoms with E-state index in [1.807, 2.05) is 0 Å². The maximum absolute atomic E-state index is 12.7. The van der Waals surface area contributed by atoms with Crippen LogP contribution in [0.25, 0.3) is 0 Å². The van der Waals surface area contributed by atoms with E-state index in [1.165, 1.54) is 70.6 Å². The summed E-state index contributed by atoms with van der Waals surface area (Å²) < 4.78 is 0. The molecule has 0 atom stereocenters. The van der Waals surface area contributed by atoms with Gasteiger partial charge in [0.25, 0.3) is 0 Å². The summed E-state index contributed by atoms with van der Waals surface area (Å²) in [7, 11) is 2.16. The molecule has 122 valence electrons. The molecule has 0 bridgehead atoms. The van der Waals surface area contributed by atoms with Crippen molar-refractivity contribution in [2.24, 2.45) is 0 Å². The van der Waals surface area contributed by atoms with E-state index in [2.05, 4.69) is 23.8 Å². The fraction of sp³-hybridized carbons (Fsp3) is 0.944. The Bertz CT molecular complexity index is 304. The van der Waals surface area contributed by atoms with Gasteiger partial charge in [0.2, 0.25) is 5.91 Å². The van der Waals surface area contributed by atoms with Gasteiger partial charge < -0.3 is 4.90 Å². The van der Waals surface area contributed by atoms with E-state index in [-0.39, 0.29) is 0 Å². The van der Waals surface area contributed by atoms with Crippen LogP contribution in [0.2, 0.25) is 0 Å². The number of hydrogen-bond acceptors (Lipinski definition) is 2. The molecule has 0 unspecified atom stereocenters. The minimum absolute atomic E-state index is 0.358. The number of nitrogens with zero attached hydrogens (tertiary/aromatic N) is 2. The Balaban J connectivity index is 1.85. The van der Waals surface area contributed by atoms with Gasteiger partial charge in [-0.2, -0.15) is 0 Å². The maximum atomic E-state index is 12.7. The van der Waals surface area contributed by atoms with E-state index in [4.69, 9.17) is 0 Å². The Labute approximate surface area is 131 Å². The summed E-state index contributed by atoms with van der Waals surface area (Å²) in [4.78, 5) is 17.2. The summed E-state index contributed by atoms with van der Waals surface area (Å²) in [5.41, 5.74) is 0. The largest absolute Gasteiger partial charge is 0.339 e. The fourth-order valence-electron chi connectivity index (χ4n) is 4.16. The van der Waals surface area contributed by atoms with Gasteiger partial charge in [0.1, 0.15) is 0 Å². The van der Waals surface area contributed by atoms with Gasteiger partial charge in [-0.15, -0.1) is 0 Å². The predicted molar refractivity (Wildman–Crippen MR) is 88.4 cm³/mol. The molecule has 0 aliphatic heterocycles. The van der Waals surface area contributed by atoms with Gasteiger partial charge >= 0.3 is 0 Å². The zero-order valence-electron chi connectivity index (χ0n) is 14.1. The SMILES string of the molecule is CCN(C(=O)CN(C)C1CCCCCC1)C1CCCCC1. The minimum Gasteiger partial charge on any atom is -0.339 e. The molecular formula is C18H34N2O. The summed E-state index contributed by atoms with van der Waals surface area (Å²) in [6, 6.07) is 1.14. The van der Waals surface area contributed by atoms with Crippen LogP contribution >= 0.6 is 0 Å². The van der Waals surface area contributed by atoms with Crippen LogP contribution in [0, 0.1) is 0 Å². The lowest BCUT2D eigenvalue weighted by Gasteiger charge is -2.36. The van der Waals surface area contributed by atoms with Crippen molar-refractivity contribution >= 4 is 5.91 Å². The molecule has 0 aromatic rings. The molecular weight excluding hydrogens is 260 g/mol. The van der Waals surface area contributed by atoms with Crippen molar-refractivity contribution in [2.45, 2.75) is 89.6 Å². The first-order valence-corrected chi connectivity index (χ1v) is 9.22. The van der Waals surface area contributed by atoms with Crippen molar-refractivity contribution in [2.75, 3.05) is 20.1 Å². The van der Waals surface area contributed by atoms with Crippen molar-refractivity contribution in [3.8, 4) is 0 Å². The summed E-state index contributed by atoms with van der Waals surface area (Å²) in [5, 5.41) is 0. The van der Waals surface area contributed by atoms with E-state index in [0.717, 1.165) is 6.54 Å². The zero-order chi connectivity index (χ0) is 15.1. The van der Waals surface area contributed by atoms with Crippen LogP contribution in [0.1, 0.15) is 77.6 Å². The Morgan fingerprint density at radius 3 is 1.86 bits per heavy atom. The van der Waals surface area contributed by atoms with Gasteiger partial charge in [0.15, 0.2) is 0 Å². The molecule has 0 aromatic carbocycles. The van der Waals surface area contributed by atoms with Crippen molar-refractivity contribution in [1.82, 2.24) is 9.80 Å². The smallest absolute Gasteiger partial charge is 0.236 e. The van der Waals surface area contributed by atoms with E-state index < -0.39 is 0 Å². The number of rotatable bonds is 5. The highest BCUT2D eigenvalue weighted by atomic mass is 16.2. The first kappa shape index (κ1) is 16.8. The van der Waals surface area contributed by atoms with Gasteiger partial charge in [-0.25, -0.2) is 0 Å². The van der Waals surface area contributed by atoms with E-state index >= 15 is 0 Å². The van der Waals surface area contributed by atoms with Crippen molar-refractivity contribution in [1.29, 1.82) is 0 Å². The number of carbonyl (C=O) groups excluding carboxylic acids is 1. The Morgan fingerprint density at radius 1 is 0.857 bits per heavy atom. The number of hydrogen-bond donors (Lipinski definition) is 0. The topological polar surface area (TPSA) is 23.6 Å². The lowest BCUT2D eigenvalue weighted by Crippen LogP contribution is -2.47. The zero-order valence-corrected chi connectivity index (χ0v) is 14.1. The van der Waals surface area contributed by atoms with E-state index in [0.29, 0.717) is 24.5 Å². The third-order valence-corrected chi connectivity index (χ3v) is 5.51. The highest BCUT2D eigenvalue weighted by molar-refractivity contribution is 5.78. The standard InChI is InChI=1S/C18H34N2O/c1-3-20(17-13-9-6-10-14-17)18(21)15-19(2)16-11-7-4-5-8-12-16/h16-17H,3-15H2,1-2H3. The van der Waals surface area contributed by atoms with Crippen molar-refractivity contribution < 1.29 is 4.79 Å². The summed E-state index contributed by atoms with van der Waals surface area (Å²) >= 11 is 0. The normalized spacial score (nSPS) is 22.2. The van der Waals surface area contributed by atoms with Gasteiger partial charge in [0.05, 0.1) is 6.54 Å². The third-order valence-electron chi connectivity index (χ3n) is 5.51. The Hall–Kier alpha value is -0.570. The highest BCUT2D eigenvalue weighted by Crippen LogP contribution is 2.24. The molecule has 0 saturated heterocycles. The molecule has 2 fully saturated rings. The lowest BCUT2D eigenvalue weighted by molar-refractivity contribution is -0.135.